The van der Waals surface area contributed by atoms with Gasteiger partial charge in [-0.2, -0.15) is 10.2 Å². The lowest BCUT2D eigenvalue weighted by Crippen LogP contribution is -2.06. The van der Waals surface area contributed by atoms with Gasteiger partial charge in [0.2, 0.25) is 0 Å². The third-order valence-electron chi connectivity index (χ3n) is 3.18. The second-order valence-corrected chi connectivity index (χ2v) is 4.96. The molecule has 0 N–H and O–H groups in total. The number of carbonyl (C=O) groups excluding carboxylic acids is 2. The van der Waals surface area contributed by atoms with Crippen LogP contribution in [-0.4, -0.2) is 31.1 Å². The summed E-state index contributed by atoms with van der Waals surface area (Å²) in [7, 11) is 0. The highest BCUT2D eigenvalue weighted by Crippen LogP contribution is 2.22. The smallest absolute Gasteiger partial charge is 0.162 e. The molecule has 2 aromatic heterocycles. The number of nitrogens with zero attached hydrogens (tertiary/aromatic N) is 4. The van der Waals surface area contributed by atoms with Crippen molar-refractivity contribution in [2.45, 2.75) is 20.4 Å². The fraction of sp³-hybridized carbons (Fsp3) is 0.200. The van der Waals surface area contributed by atoms with E-state index in [-0.39, 0.29) is 18.1 Å². The predicted molar refractivity (Wildman–Crippen MR) is 77.5 cm³/mol. The van der Waals surface area contributed by atoms with Gasteiger partial charge < -0.3 is 0 Å². The Balaban J connectivity index is 2.19. The number of hydrogen-bond donors (Lipinski definition) is 0. The third-order valence-corrected chi connectivity index (χ3v) is 3.18. The van der Waals surface area contributed by atoms with Crippen LogP contribution < -0.4 is 0 Å². The van der Waals surface area contributed by atoms with E-state index in [4.69, 9.17) is 0 Å². The monoisotopic (exact) mass is 282 g/mol. The lowest BCUT2D eigenvalue weighted by Gasteiger charge is -2.06. The molecule has 0 fully saturated rings. The minimum absolute atomic E-state index is 0.0295. The van der Waals surface area contributed by atoms with Gasteiger partial charge in [0.1, 0.15) is 0 Å². The first kappa shape index (κ1) is 13.2. The molecule has 0 amide bonds. The van der Waals surface area contributed by atoms with Gasteiger partial charge >= 0.3 is 0 Å². The van der Waals surface area contributed by atoms with Crippen LogP contribution in [0.3, 0.4) is 0 Å². The summed E-state index contributed by atoms with van der Waals surface area (Å²) in [5, 5.41) is 9.37. The summed E-state index contributed by atoms with van der Waals surface area (Å²) in [5.41, 5.74) is 1.96. The van der Waals surface area contributed by atoms with E-state index in [0.29, 0.717) is 16.8 Å². The molecule has 1 aromatic carbocycles. The Bertz CT molecular complexity index is 831. The molecule has 6 nitrogen and oxygen atoms in total. The molecule has 106 valence electrons. The number of Topliss-reactive ketones (excluding diaryl/α,β-unsaturated/α-hetero) is 2. The van der Waals surface area contributed by atoms with E-state index in [1.54, 1.807) is 40.1 Å². The summed E-state index contributed by atoms with van der Waals surface area (Å²) in [6.45, 7) is 3.25. The minimum Gasteiger partial charge on any atom is -0.298 e. The molecule has 0 aliphatic heterocycles. The zero-order valence-electron chi connectivity index (χ0n) is 11.8. The van der Waals surface area contributed by atoms with Gasteiger partial charge in [0.25, 0.3) is 0 Å². The van der Waals surface area contributed by atoms with Crippen molar-refractivity contribution in [2.75, 3.05) is 0 Å². The second-order valence-electron chi connectivity index (χ2n) is 4.96. The molecule has 2 heterocycles. The van der Waals surface area contributed by atoms with Crippen molar-refractivity contribution in [1.29, 1.82) is 0 Å². The Hall–Kier alpha value is -2.76. The number of fused-ring (bicyclic) bond motifs is 1. The van der Waals surface area contributed by atoms with Crippen LogP contribution in [0.4, 0.5) is 0 Å². The number of hydrogen-bond acceptors (Lipinski definition) is 4. The number of ketones is 2. The molecule has 3 aromatic rings. The van der Waals surface area contributed by atoms with Gasteiger partial charge in [0.15, 0.2) is 11.6 Å². The van der Waals surface area contributed by atoms with Crippen molar-refractivity contribution in [2.24, 2.45) is 0 Å². The Labute approximate surface area is 121 Å². The van der Waals surface area contributed by atoms with E-state index >= 15 is 0 Å². The topological polar surface area (TPSA) is 69.8 Å². The molecule has 0 saturated carbocycles. The SMILES string of the molecule is CC(=O)Cn1cc2cc(-n3cccn3)c(C(C)=O)cc2n1. The highest BCUT2D eigenvalue weighted by atomic mass is 16.1. The fourth-order valence-electron chi connectivity index (χ4n) is 2.30. The van der Waals surface area contributed by atoms with Crippen LogP contribution in [0.15, 0.2) is 36.8 Å². The van der Waals surface area contributed by atoms with Crippen LogP contribution in [0.25, 0.3) is 16.6 Å². The van der Waals surface area contributed by atoms with E-state index in [0.717, 1.165) is 5.39 Å². The average Bonchev–Trinajstić information content (AvgIpc) is 3.04. The van der Waals surface area contributed by atoms with Gasteiger partial charge in [-0.05, 0) is 32.0 Å². The lowest BCUT2D eigenvalue weighted by atomic mass is 10.1. The zero-order chi connectivity index (χ0) is 15.0. The highest BCUT2D eigenvalue weighted by molar-refractivity contribution is 6.01. The molecule has 6 heteroatoms. The van der Waals surface area contributed by atoms with Crippen LogP contribution in [0.2, 0.25) is 0 Å². The quantitative estimate of drug-likeness (QED) is 0.686. The van der Waals surface area contributed by atoms with Gasteiger partial charge in [-0.1, -0.05) is 0 Å². The van der Waals surface area contributed by atoms with Gasteiger partial charge in [-0.3, -0.25) is 14.3 Å². The summed E-state index contributed by atoms with van der Waals surface area (Å²) in [6, 6.07) is 5.40. The number of rotatable bonds is 4. The molecule has 0 bridgehead atoms. The van der Waals surface area contributed by atoms with Crippen LogP contribution >= 0.6 is 0 Å². The van der Waals surface area contributed by atoms with E-state index in [9.17, 15) is 9.59 Å². The van der Waals surface area contributed by atoms with Crippen molar-refractivity contribution in [1.82, 2.24) is 19.6 Å². The first-order chi connectivity index (χ1) is 10.0. The summed E-state index contributed by atoms with van der Waals surface area (Å²) in [6.07, 6.45) is 5.24. The van der Waals surface area contributed by atoms with Crippen molar-refractivity contribution >= 4 is 22.5 Å². The third kappa shape index (κ3) is 2.47. The standard InChI is InChI=1S/C15H14N4O2/c1-10(20)8-18-9-12-6-15(19-5-3-4-16-19)13(11(2)21)7-14(12)17-18/h3-7,9H,8H2,1-2H3. The first-order valence-corrected chi connectivity index (χ1v) is 6.56. The zero-order valence-corrected chi connectivity index (χ0v) is 11.8. The molecule has 0 atom stereocenters. The van der Waals surface area contributed by atoms with E-state index in [1.807, 2.05) is 6.07 Å². The van der Waals surface area contributed by atoms with Crippen molar-refractivity contribution < 1.29 is 9.59 Å². The summed E-state index contributed by atoms with van der Waals surface area (Å²) in [4.78, 5) is 23.0. The lowest BCUT2D eigenvalue weighted by molar-refractivity contribution is -0.117. The van der Waals surface area contributed by atoms with Crippen LogP contribution in [0, 0.1) is 0 Å². The Morgan fingerprint density at radius 2 is 2.05 bits per heavy atom. The Morgan fingerprint density at radius 3 is 2.67 bits per heavy atom. The fourth-order valence-corrected chi connectivity index (χ4v) is 2.30. The van der Waals surface area contributed by atoms with E-state index in [1.165, 1.54) is 13.8 Å². The maximum Gasteiger partial charge on any atom is 0.162 e. The maximum absolute atomic E-state index is 11.9. The molecule has 0 aliphatic rings. The highest BCUT2D eigenvalue weighted by Gasteiger charge is 2.13. The molecular weight excluding hydrogens is 268 g/mol. The van der Waals surface area contributed by atoms with E-state index in [2.05, 4.69) is 10.2 Å². The molecular formula is C15H14N4O2. The van der Waals surface area contributed by atoms with Crippen molar-refractivity contribution in [3.63, 3.8) is 0 Å². The maximum atomic E-state index is 11.9. The molecule has 0 radical (unpaired) electrons. The van der Waals surface area contributed by atoms with Crippen LogP contribution in [-0.2, 0) is 11.3 Å². The van der Waals surface area contributed by atoms with Crippen LogP contribution in [0.5, 0.6) is 0 Å². The summed E-state index contributed by atoms with van der Waals surface area (Å²) < 4.78 is 3.24. The van der Waals surface area contributed by atoms with Crippen LogP contribution in [0.1, 0.15) is 24.2 Å². The van der Waals surface area contributed by atoms with Gasteiger partial charge in [0, 0.05) is 29.5 Å². The average molecular weight is 282 g/mol. The molecule has 0 unspecified atom stereocenters. The molecule has 21 heavy (non-hydrogen) atoms. The van der Waals surface area contributed by atoms with Crippen molar-refractivity contribution in [3.05, 3.63) is 42.4 Å². The second kappa shape index (κ2) is 4.97. The van der Waals surface area contributed by atoms with Crippen molar-refractivity contribution in [3.8, 4) is 5.69 Å². The predicted octanol–water partition coefficient (Wildman–Crippen LogP) is 2.01. The number of aromatic nitrogens is 4. The number of benzene rings is 1. The Kier molecular flexibility index (Phi) is 3.13. The first-order valence-electron chi connectivity index (χ1n) is 6.56. The normalized spacial score (nSPS) is 11.0. The molecule has 3 rings (SSSR count). The largest absolute Gasteiger partial charge is 0.298 e. The van der Waals surface area contributed by atoms with Gasteiger partial charge in [0.05, 0.1) is 17.7 Å². The Morgan fingerprint density at radius 1 is 1.24 bits per heavy atom. The minimum atomic E-state index is -0.0523. The molecule has 0 saturated heterocycles. The van der Waals surface area contributed by atoms with Gasteiger partial charge in [-0.25, -0.2) is 4.68 Å². The summed E-state index contributed by atoms with van der Waals surface area (Å²) >= 11 is 0. The number of carbonyl (C=O) groups is 2. The van der Waals surface area contributed by atoms with Gasteiger partial charge in [-0.15, -0.1) is 0 Å². The molecule has 0 aliphatic carbocycles. The summed E-state index contributed by atoms with van der Waals surface area (Å²) in [5.74, 6) is -0.0228. The molecule has 0 spiro atoms. The van der Waals surface area contributed by atoms with E-state index < -0.39 is 0 Å².